The number of benzene rings is 1. The van der Waals surface area contributed by atoms with Crippen molar-refractivity contribution in [2.24, 2.45) is 0 Å². The van der Waals surface area contributed by atoms with Gasteiger partial charge in [0, 0.05) is 43.3 Å². The average Bonchev–Trinajstić information content (AvgIpc) is 2.48. The highest BCUT2D eigenvalue weighted by Gasteiger charge is 2.20. The molecular formula is C15H21ClFN3O. The number of hydrogen-bond donors (Lipinski definition) is 2. The van der Waals surface area contributed by atoms with Crippen LogP contribution in [0, 0.1) is 5.82 Å². The number of carbonyl (C=O) groups is 1. The average molecular weight is 314 g/mol. The van der Waals surface area contributed by atoms with Crippen molar-refractivity contribution in [3.8, 4) is 0 Å². The second-order valence-electron chi connectivity index (χ2n) is 5.34. The van der Waals surface area contributed by atoms with Crippen LogP contribution in [-0.4, -0.2) is 43.5 Å². The Morgan fingerprint density at radius 2 is 2.14 bits per heavy atom. The molecular weight excluding hydrogens is 293 g/mol. The number of likely N-dealkylation sites (tertiary alicyclic amines) is 1. The molecule has 6 heteroatoms. The fourth-order valence-electron chi connectivity index (χ4n) is 2.50. The second kappa shape index (κ2) is 7.73. The quantitative estimate of drug-likeness (QED) is 0.871. The van der Waals surface area contributed by atoms with Gasteiger partial charge in [-0.3, -0.25) is 9.69 Å². The summed E-state index contributed by atoms with van der Waals surface area (Å²) in [5.41, 5.74) is 0.632. The molecule has 1 saturated heterocycles. The molecule has 1 aliphatic rings. The molecule has 1 amide bonds. The van der Waals surface area contributed by atoms with Crippen LogP contribution in [0.15, 0.2) is 18.2 Å². The Hall–Kier alpha value is -1.17. The summed E-state index contributed by atoms with van der Waals surface area (Å²) < 4.78 is 13.7. The zero-order chi connectivity index (χ0) is 15.2. The lowest BCUT2D eigenvalue weighted by molar-refractivity contribution is -0.122. The predicted molar refractivity (Wildman–Crippen MR) is 81.8 cm³/mol. The fourth-order valence-corrected chi connectivity index (χ4v) is 2.66. The van der Waals surface area contributed by atoms with Crippen LogP contribution in [0.3, 0.4) is 0 Å². The largest absolute Gasteiger partial charge is 0.358 e. The van der Waals surface area contributed by atoms with Crippen molar-refractivity contribution in [3.05, 3.63) is 34.6 Å². The lowest BCUT2D eigenvalue weighted by Crippen LogP contribution is -2.45. The molecule has 0 bridgehead atoms. The van der Waals surface area contributed by atoms with Crippen molar-refractivity contribution in [2.45, 2.75) is 25.4 Å². The van der Waals surface area contributed by atoms with Gasteiger partial charge in [0.2, 0.25) is 5.91 Å². The summed E-state index contributed by atoms with van der Waals surface area (Å²) in [6, 6.07) is 5.12. The summed E-state index contributed by atoms with van der Waals surface area (Å²) in [5, 5.41) is 6.42. The first kappa shape index (κ1) is 16.2. The van der Waals surface area contributed by atoms with Crippen LogP contribution in [-0.2, 0) is 11.3 Å². The van der Waals surface area contributed by atoms with Crippen molar-refractivity contribution in [3.63, 3.8) is 0 Å². The van der Waals surface area contributed by atoms with Gasteiger partial charge in [0.05, 0.1) is 6.54 Å². The van der Waals surface area contributed by atoms with Crippen LogP contribution in [0.25, 0.3) is 0 Å². The monoisotopic (exact) mass is 313 g/mol. The van der Waals surface area contributed by atoms with Gasteiger partial charge in [-0.2, -0.15) is 0 Å². The molecule has 4 nitrogen and oxygen atoms in total. The van der Waals surface area contributed by atoms with Crippen molar-refractivity contribution >= 4 is 17.5 Å². The lowest BCUT2D eigenvalue weighted by Gasteiger charge is -2.31. The maximum absolute atomic E-state index is 13.7. The minimum Gasteiger partial charge on any atom is -0.358 e. The Kier molecular flexibility index (Phi) is 5.96. The number of halogens is 2. The van der Waals surface area contributed by atoms with Crippen LogP contribution < -0.4 is 10.6 Å². The second-order valence-corrected chi connectivity index (χ2v) is 5.78. The predicted octanol–water partition coefficient (Wildman–Crippen LogP) is 1.78. The molecule has 1 aromatic rings. The number of likely N-dealkylation sites (N-methyl/N-ethyl adjacent to an activating group) is 1. The van der Waals surface area contributed by atoms with Gasteiger partial charge in [-0.05, 0) is 25.0 Å². The Morgan fingerprint density at radius 3 is 2.76 bits per heavy atom. The van der Waals surface area contributed by atoms with E-state index < -0.39 is 0 Å². The first-order chi connectivity index (χ1) is 10.1. The molecule has 21 heavy (non-hydrogen) atoms. The third-order valence-corrected chi connectivity index (χ3v) is 4.07. The van der Waals surface area contributed by atoms with Crippen LogP contribution in [0.4, 0.5) is 4.39 Å². The first-order valence-electron chi connectivity index (χ1n) is 7.18. The molecule has 1 aliphatic heterocycles. The molecule has 116 valence electrons. The number of amides is 1. The molecule has 0 unspecified atom stereocenters. The Balaban J connectivity index is 1.75. The Labute approximate surface area is 129 Å². The molecule has 1 aromatic carbocycles. The van der Waals surface area contributed by atoms with Crippen molar-refractivity contribution < 1.29 is 9.18 Å². The Morgan fingerprint density at radius 1 is 1.43 bits per heavy atom. The van der Waals surface area contributed by atoms with Crippen LogP contribution in [0.5, 0.6) is 0 Å². The zero-order valence-corrected chi connectivity index (χ0v) is 12.9. The number of carbonyl (C=O) groups excluding carboxylic acids is 1. The van der Waals surface area contributed by atoms with E-state index >= 15 is 0 Å². The molecule has 1 heterocycles. The van der Waals surface area contributed by atoms with E-state index in [1.807, 2.05) is 0 Å². The van der Waals surface area contributed by atoms with Gasteiger partial charge in [0.25, 0.3) is 0 Å². The van der Waals surface area contributed by atoms with Crippen molar-refractivity contribution in [1.82, 2.24) is 15.5 Å². The third kappa shape index (κ3) is 4.95. The summed E-state index contributed by atoms with van der Waals surface area (Å²) in [4.78, 5) is 13.5. The molecule has 2 N–H and O–H groups in total. The van der Waals surface area contributed by atoms with Gasteiger partial charge in [-0.1, -0.05) is 17.7 Å². The van der Waals surface area contributed by atoms with E-state index in [1.54, 1.807) is 19.2 Å². The molecule has 0 spiro atoms. The number of hydrogen-bond acceptors (Lipinski definition) is 3. The highest BCUT2D eigenvalue weighted by atomic mass is 35.5. The Bertz CT molecular complexity index is 490. The molecule has 0 aliphatic carbocycles. The van der Waals surface area contributed by atoms with Gasteiger partial charge >= 0.3 is 0 Å². The lowest BCUT2D eigenvalue weighted by atomic mass is 10.0. The highest BCUT2D eigenvalue weighted by Crippen LogP contribution is 2.16. The normalized spacial score (nSPS) is 16.9. The van der Waals surface area contributed by atoms with E-state index in [4.69, 9.17) is 11.6 Å². The molecule has 0 atom stereocenters. The maximum Gasteiger partial charge on any atom is 0.233 e. The minimum atomic E-state index is -0.271. The standard InChI is InChI=1S/C15H21ClFN3O/c1-18-15(21)10-20-6-4-13(5-7-20)19-9-11-2-3-12(16)8-14(11)17/h2-3,8,13,19H,4-7,9-10H2,1H3,(H,18,21). The van der Waals surface area contributed by atoms with Crippen LogP contribution >= 0.6 is 11.6 Å². The smallest absolute Gasteiger partial charge is 0.233 e. The minimum absolute atomic E-state index is 0.0460. The SMILES string of the molecule is CNC(=O)CN1CCC(NCc2ccc(Cl)cc2F)CC1. The van der Waals surface area contributed by atoms with Crippen LogP contribution in [0.2, 0.25) is 5.02 Å². The summed E-state index contributed by atoms with van der Waals surface area (Å²) >= 11 is 5.74. The topological polar surface area (TPSA) is 44.4 Å². The summed E-state index contributed by atoms with van der Waals surface area (Å²) in [7, 11) is 1.65. The summed E-state index contributed by atoms with van der Waals surface area (Å²) in [6.07, 6.45) is 1.93. The number of nitrogens with one attached hydrogen (secondary N) is 2. The molecule has 0 radical (unpaired) electrons. The van der Waals surface area contributed by atoms with Gasteiger partial charge in [-0.15, -0.1) is 0 Å². The van der Waals surface area contributed by atoms with E-state index in [2.05, 4.69) is 15.5 Å². The molecule has 1 fully saturated rings. The van der Waals surface area contributed by atoms with Crippen molar-refractivity contribution in [2.75, 3.05) is 26.7 Å². The van der Waals surface area contributed by atoms with Gasteiger partial charge in [-0.25, -0.2) is 4.39 Å². The van der Waals surface area contributed by atoms with Crippen molar-refractivity contribution in [1.29, 1.82) is 0 Å². The third-order valence-electron chi connectivity index (χ3n) is 3.83. The van der Waals surface area contributed by atoms with Crippen LogP contribution in [0.1, 0.15) is 18.4 Å². The van der Waals surface area contributed by atoms with Gasteiger partial charge < -0.3 is 10.6 Å². The van der Waals surface area contributed by atoms with Gasteiger partial charge in [0.15, 0.2) is 0 Å². The van der Waals surface area contributed by atoms with E-state index in [-0.39, 0.29) is 11.7 Å². The van der Waals surface area contributed by atoms with E-state index in [0.717, 1.165) is 25.9 Å². The molecule has 2 rings (SSSR count). The first-order valence-corrected chi connectivity index (χ1v) is 7.56. The zero-order valence-electron chi connectivity index (χ0n) is 12.2. The summed E-state index contributed by atoms with van der Waals surface area (Å²) in [5.74, 6) is -0.225. The van der Waals surface area contributed by atoms with E-state index in [0.29, 0.717) is 29.7 Å². The molecule has 0 aromatic heterocycles. The maximum atomic E-state index is 13.7. The van der Waals surface area contributed by atoms with E-state index in [9.17, 15) is 9.18 Å². The fraction of sp³-hybridized carbons (Fsp3) is 0.533. The summed E-state index contributed by atoms with van der Waals surface area (Å²) in [6.45, 7) is 2.72. The number of rotatable bonds is 5. The highest BCUT2D eigenvalue weighted by molar-refractivity contribution is 6.30. The van der Waals surface area contributed by atoms with E-state index in [1.165, 1.54) is 6.07 Å². The molecule has 0 saturated carbocycles. The number of piperidine rings is 1. The van der Waals surface area contributed by atoms with Gasteiger partial charge in [0.1, 0.15) is 5.82 Å². The number of nitrogens with zero attached hydrogens (tertiary/aromatic N) is 1.